The van der Waals surface area contributed by atoms with E-state index in [-0.39, 0.29) is 12.5 Å². The fourth-order valence-corrected chi connectivity index (χ4v) is 3.63. The van der Waals surface area contributed by atoms with Crippen LogP contribution in [0.4, 0.5) is 0 Å². The molecule has 3 unspecified atom stereocenters. The highest BCUT2D eigenvalue weighted by Gasteiger charge is 2.24. The zero-order valence-electron chi connectivity index (χ0n) is 12.6. The predicted octanol–water partition coefficient (Wildman–Crippen LogP) is 1.68. The quantitative estimate of drug-likeness (QED) is 0.694. The average molecular weight is 282 g/mol. The molecule has 116 valence electrons. The molecule has 1 aliphatic heterocycles. The number of carbonyl (C=O) groups is 1. The van der Waals surface area contributed by atoms with Crippen molar-refractivity contribution in [1.29, 1.82) is 0 Å². The Hall–Kier alpha value is -0.610. The van der Waals surface area contributed by atoms with Crippen molar-refractivity contribution in [2.75, 3.05) is 26.2 Å². The van der Waals surface area contributed by atoms with E-state index in [9.17, 15) is 9.90 Å². The normalized spacial score (nSPS) is 30.9. The molecule has 0 spiro atoms. The molecule has 2 rings (SSSR count). The summed E-state index contributed by atoms with van der Waals surface area (Å²) in [5, 5.41) is 15.9. The Morgan fingerprint density at radius 1 is 1.15 bits per heavy atom. The van der Waals surface area contributed by atoms with Crippen molar-refractivity contribution in [3.8, 4) is 0 Å². The molecule has 0 bridgehead atoms. The summed E-state index contributed by atoms with van der Waals surface area (Å²) < 4.78 is 0. The van der Waals surface area contributed by atoms with Crippen LogP contribution < -0.4 is 10.6 Å². The Morgan fingerprint density at radius 3 is 2.65 bits per heavy atom. The molecule has 4 nitrogen and oxygen atoms in total. The minimum atomic E-state index is 0.192. The molecule has 20 heavy (non-hydrogen) atoms. The minimum Gasteiger partial charge on any atom is -0.396 e. The molecule has 4 heteroatoms. The van der Waals surface area contributed by atoms with E-state index < -0.39 is 0 Å². The lowest BCUT2D eigenvalue weighted by atomic mass is 9.79. The van der Waals surface area contributed by atoms with E-state index >= 15 is 0 Å². The van der Waals surface area contributed by atoms with Gasteiger partial charge in [-0.3, -0.25) is 4.79 Å². The third-order valence-electron chi connectivity index (χ3n) is 5.04. The minimum absolute atomic E-state index is 0.192. The molecule has 3 atom stereocenters. The van der Waals surface area contributed by atoms with Gasteiger partial charge in [-0.05, 0) is 62.9 Å². The van der Waals surface area contributed by atoms with Gasteiger partial charge < -0.3 is 15.7 Å². The molecule has 2 aliphatic rings. The van der Waals surface area contributed by atoms with Crippen LogP contribution in [0.2, 0.25) is 0 Å². The van der Waals surface area contributed by atoms with E-state index in [0.717, 1.165) is 38.9 Å². The lowest BCUT2D eigenvalue weighted by Crippen LogP contribution is -2.36. The van der Waals surface area contributed by atoms with Crippen molar-refractivity contribution < 1.29 is 9.90 Å². The number of hydrogen-bond donors (Lipinski definition) is 3. The van der Waals surface area contributed by atoms with Gasteiger partial charge in [0.1, 0.15) is 0 Å². The molecule has 1 aliphatic carbocycles. The summed E-state index contributed by atoms with van der Waals surface area (Å²) in [6.45, 7) is 3.23. The van der Waals surface area contributed by atoms with E-state index in [1.54, 1.807) is 0 Å². The molecule has 1 saturated heterocycles. The molecule has 1 heterocycles. The van der Waals surface area contributed by atoms with Gasteiger partial charge in [-0.1, -0.05) is 12.8 Å². The SMILES string of the molecule is O=C(CCC1CCCNC1)NCC1CCCCC1CO. The smallest absolute Gasteiger partial charge is 0.220 e. The third kappa shape index (κ3) is 5.06. The summed E-state index contributed by atoms with van der Waals surface area (Å²) in [5.74, 6) is 1.74. The first kappa shape index (κ1) is 15.8. The van der Waals surface area contributed by atoms with Crippen LogP contribution in [0, 0.1) is 17.8 Å². The van der Waals surface area contributed by atoms with E-state index in [1.807, 2.05) is 0 Å². The summed E-state index contributed by atoms with van der Waals surface area (Å²) in [7, 11) is 0. The third-order valence-corrected chi connectivity index (χ3v) is 5.04. The molecule has 2 fully saturated rings. The fourth-order valence-electron chi connectivity index (χ4n) is 3.63. The van der Waals surface area contributed by atoms with Gasteiger partial charge in [0.25, 0.3) is 0 Å². The molecular weight excluding hydrogens is 252 g/mol. The van der Waals surface area contributed by atoms with Gasteiger partial charge in [-0.15, -0.1) is 0 Å². The fraction of sp³-hybridized carbons (Fsp3) is 0.938. The van der Waals surface area contributed by atoms with E-state index in [4.69, 9.17) is 0 Å². The number of nitrogens with one attached hydrogen (secondary N) is 2. The van der Waals surface area contributed by atoms with Crippen LogP contribution in [0.15, 0.2) is 0 Å². The highest BCUT2D eigenvalue weighted by Crippen LogP contribution is 2.29. The standard InChI is InChI=1S/C16H30N2O2/c19-12-15-6-2-1-5-14(15)11-18-16(20)8-7-13-4-3-9-17-10-13/h13-15,17,19H,1-12H2,(H,18,20). The Bertz CT molecular complexity index is 290. The lowest BCUT2D eigenvalue weighted by Gasteiger charge is -2.30. The highest BCUT2D eigenvalue weighted by molar-refractivity contribution is 5.75. The summed E-state index contributed by atoms with van der Waals surface area (Å²) in [5.41, 5.74) is 0. The van der Waals surface area contributed by atoms with Gasteiger partial charge in [-0.2, -0.15) is 0 Å². The molecule has 1 saturated carbocycles. The number of aliphatic hydroxyl groups is 1. The van der Waals surface area contributed by atoms with Crippen molar-refractivity contribution in [3.05, 3.63) is 0 Å². The van der Waals surface area contributed by atoms with E-state index in [2.05, 4.69) is 10.6 Å². The van der Waals surface area contributed by atoms with Crippen LogP contribution in [0.5, 0.6) is 0 Å². The van der Waals surface area contributed by atoms with Crippen molar-refractivity contribution in [3.63, 3.8) is 0 Å². The zero-order valence-corrected chi connectivity index (χ0v) is 12.6. The molecular formula is C16H30N2O2. The monoisotopic (exact) mass is 282 g/mol. The number of rotatable bonds is 6. The number of carbonyl (C=O) groups excluding carboxylic acids is 1. The van der Waals surface area contributed by atoms with Crippen LogP contribution in [-0.2, 0) is 4.79 Å². The highest BCUT2D eigenvalue weighted by atomic mass is 16.3. The molecule has 0 aromatic rings. The van der Waals surface area contributed by atoms with Crippen LogP contribution in [0.25, 0.3) is 0 Å². The Morgan fingerprint density at radius 2 is 1.95 bits per heavy atom. The summed E-state index contributed by atoms with van der Waals surface area (Å²) in [6.07, 6.45) is 8.90. The summed E-state index contributed by atoms with van der Waals surface area (Å²) in [4.78, 5) is 11.9. The second-order valence-corrected chi connectivity index (χ2v) is 6.54. The van der Waals surface area contributed by atoms with Gasteiger partial charge in [0, 0.05) is 19.6 Å². The Labute approximate surface area is 122 Å². The first-order valence-corrected chi connectivity index (χ1v) is 8.38. The van der Waals surface area contributed by atoms with Crippen molar-refractivity contribution in [2.24, 2.45) is 17.8 Å². The number of amides is 1. The van der Waals surface area contributed by atoms with Crippen molar-refractivity contribution in [2.45, 2.75) is 51.4 Å². The van der Waals surface area contributed by atoms with Crippen molar-refractivity contribution in [1.82, 2.24) is 10.6 Å². The maximum atomic E-state index is 11.9. The second kappa shape index (κ2) is 8.63. The molecule has 0 aromatic heterocycles. The largest absolute Gasteiger partial charge is 0.396 e. The maximum Gasteiger partial charge on any atom is 0.220 e. The van der Waals surface area contributed by atoms with Gasteiger partial charge >= 0.3 is 0 Å². The zero-order chi connectivity index (χ0) is 14.2. The molecule has 0 radical (unpaired) electrons. The first-order chi connectivity index (χ1) is 9.79. The molecule has 3 N–H and O–H groups in total. The van der Waals surface area contributed by atoms with Gasteiger partial charge in [0.05, 0.1) is 0 Å². The summed E-state index contributed by atoms with van der Waals surface area (Å²) in [6, 6.07) is 0. The Kier molecular flexibility index (Phi) is 6.80. The first-order valence-electron chi connectivity index (χ1n) is 8.38. The molecule has 0 aromatic carbocycles. The Balaban J connectivity index is 1.61. The van der Waals surface area contributed by atoms with E-state index in [1.165, 1.54) is 25.7 Å². The number of aliphatic hydroxyl groups excluding tert-OH is 1. The number of hydrogen-bond acceptors (Lipinski definition) is 3. The maximum absolute atomic E-state index is 11.9. The van der Waals surface area contributed by atoms with Crippen LogP contribution in [-0.4, -0.2) is 37.3 Å². The summed E-state index contributed by atoms with van der Waals surface area (Å²) >= 11 is 0. The van der Waals surface area contributed by atoms with E-state index in [0.29, 0.717) is 24.2 Å². The lowest BCUT2D eigenvalue weighted by molar-refractivity contribution is -0.121. The number of piperidine rings is 1. The van der Waals surface area contributed by atoms with Crippen LogP contribution in [0.3, 0.4) is 0 Å². The van der Waals surface area contributed by atoms with Crippen LogP contribution >= 0.6 is 0 Å². The predicted molar refractivity (Wildman–Crippen MR) is 80.4 cm³/mol. The second-order valence-electron chi connectivity index (χ2n) is 6.54. The topological polar surface area (TPSA) is 61.4 Å². The van der Waals surface area contributed by atoms with Gasteiger partial charge in [-0.25, -0.2) is 0 Å². The van der Waals surface area contributed by atoms with Crippen LogP contribution in [0.1, 0.15) is 51.4 Å². The molecule has 1 amide bonds. The van der Waals surface area contributed by atoms with Gasteiger partial charge in [0.2, 0.25) is 5.91 Å². The average Bonchev–Trinajstić information content (AvgIpc) is 2.52. The van der Waals surface area contributed by atoms with Crippen molar-refractivity contribution >= 4 is 5.91 Å². The van der Waals surface area contributed by atoms with Gasteiger partial charge in [0.15, 0.2) is 0 Å².